The first kappa shape index (κ1) is 15.9. The maximum atomic E-state index is 6.43. The smallest absolute Gasteiger partial charge is 0.188 e. The summed E-state index contributed by atoms with van der Waals surface area (Å²) in [4.78, 5) is 2.11. The van der Waals surface area contributed by atoms with E-state index in [0.717, 1.165) is 27.9 Å². The average molecular weight is 403 g/mol. The largest absolute Gasteiger partial charge is 0.467 e. The Morgan fingerprint density at radius 2 is 2.00 bits per heavy atom. The second-order valence-corrected chi connectivity index (χ2v) is 8.07. The van der Waals surface area contributed by atoms with Crippen molar-refractivity contribution in [2.45, 2.75) is 39.0 Å². The molecule has 2 aromatic carbocycles. The third-order valence-corrected chi connectivity index (χ3v) is 5.78. The molecule has 1 saturated heterocycles. The van der Waals surface area contributed by atoms with Crippen LogP contribution in [0.25, 0.3) is 0 Å². The van der Waals surface area contributed by atoms with E-state index in [1.807, 2.05) is 12.1 Å². The molecule has 24 heavy (non-hydrogen) atoms. The molecule has 0 aromatic heterocycles. The Bertz CT molecular complexity index is 853. The molecule has 2 aliphatic heterocycles. The first-order valence-electron chi connectivity index (χ1n) is 8.04. The van der Waals surface area contributed by atoms with E-state index < -0.39 is 5.72 Å². The number of benzene rings is 2. The lowest BCUT2D eigenvalue weighted by molar-refractivity contribution is 0.0497. The van der Waals surface area contributed by atoms with Crippen LogP contribution in [0.4, 0.5) is 5.69 Å². The Morgan fingerprint density at radius 1 is 1.21 bits per heavy atom. The molecule has 2 aliphatic rings. The Labute approximate surface area is 156 Å². The lowest BCUT2D eigenvalue weighted by atomic mass is 9.90. The van der Waals surface area contributed by atoms with E-state index in [0.29, 0.717) is 5.11 Å². The van der Waals surface area contributed by atoms with Crippen LogP contribution in [0.1, 0.15) is 36.1 Å². The number of fused-ring (bicyclic) bond motifs is 4. The van der Waals surface area contributed by atoms with Gasteiger partial charge in [-0.05, 0) is 74.4 Å². The number of hydrogen-bond acceptors (Lipinski definition) is 2. The van der Waals surface area contributed by atoms with E-state index in [4.69, 9.17) is 17.0 Å². The van der Waals surface area contributed by atoms with E-state index >= 15 is 0 Å². The Kier molecular flexibility index (Phi) is 3.62. The zero-order chi connectivity index (χ0) is 17.1. The van der Waals surface area contributed by atoms with Gasteiger partial charge in [0.15, 0.2) is 10.8 Å². The summed E-state index contributed by atoms with van der Waals surface area (Å²) in [6.45, 7) is 6.36. The quantitative estimate of drug-likeness (QED) is 0.678. The predicted molar refractivity (Wildman–Crippen MR) is 105 cm³/mol. The zero-order valence-corrected chi connectivity index (χ0v) is 16.3. The molecule has 0 radical (unpaired) electrons. The van der Waals surface area contributed by atoms with Crippen molar-refractivity contribution < 1.29 is 4.74 Å². The maximum absolute atomic E-state index is 6.43. The molecule has 2 aromatic rings. The average Bonchev–Trinajstić information content (AvgIpc) is 2.51. The summed E-state index contributed by atoms with van der Waals surface area (Å²) in [7, 11) is 0. The monoisotopic (exact) mass is 402 g/mol. The van der Waals surface area contributed by atoms with Gasteiger partial charge in [-0.25, -0.2) is 0 Å². The summed E-state index contributed by atoms with van der Waals surface area (Å²) in [6.07, 6.45) is 0.837. The molecule has 2 heterocycles. The molecule has 2 atom stereocenters. The normalized spacial score (nSPS) is 24.9. The topological polar surface area (TPSA) is 24.5 Å². The second-order valence-electron chi connectivity index (χ2n) is 6.77. The van der Waals surface area contributed by atoms with Crippen LogP contribution < -0.4 is 15.0 Å². The molecule has 5 heteroatoms. The van der Waals surface area contributed by atoms with Gasteiger partial charge >= 0.3 is 0 Å². The van der Waals surface area contributed by atoms with Crippen molar-refractivity contribution in [1.82, 2.24) is 5.32 Å². The highest BCUT2D eigenvalue weighted by molar-refractivity contribution is 9.10. The van der Waals surface area contributed by atoms with Gasteiger partial charge in [-0.15, -0.1) is 0 Å². The highest BCUT2D eigenvalue weighted by Crippen LogP contribution is 2.46. The molecule has 3 nitrogen and oxygen atoms in total. The molecule has 2 bridgehead atoms. The number of anilines is 1. The van der Waals surface area contributed by atoms with E-state index in [-0.39, 0.29) is 6.04 Å². The number of nitrogens with one attached hydrogen (secondary N) is 1. The molecule has 4 rings (SSSR count). The van der Waals surface area contributed by atoms with Gasteiger partial charge in [0.1, 0.15) is 5.75 Å². The van der Waals surface area contributed by atoms with E-state index in [2.05, 4.69) is 71.2 Å². The van der Waals surface area contributed by atoms with Crippen LogP contribution >= 0.6 is 28.1 Å². The SMILES string of the molecule is Cc1ccc(N2C(=S)N[C@H]3C[C@@]2(C)Oc2ccc(Br)cc23)cc1C. The van der Waals surface area contributed by atoms with Crippen molar-refractivity contribution in [3.8, 4) is 5.75 Å². The van der Waals surface area contributed by atoms with E-state index in [1.165, 1.54) is 11.1 Å². The van der Waals surface area contributed by atoms with Crippen molar-refractivity contribution in [3.63, 3.8) is 0 Å². The van der Waals surface area contributed by atoms with Crippen molar-refractivity contribution >= 4 is 38.9 Å². The van der Waals surface area contributed by atoms with Crippen molar-refractivity contribution in [2.75, 3.05) is 4.90 Å². The van der Waals surface area contributed by atoms with Gasteiger partial charge in [-0.2, -0.15) is 0 Å². The van der Waals surface area contributed by atoms with Gasteiger partial charge in [0, 0.05) is 22.1 Å². The number of aryl methyl sites for hydroxylation is 2. The van der Waals surface area contributed by atoms with E-state index in [9.17, 15) is 0 Å². The lowest BCUT2D eigenvalue weighted by Gasteiger charge is -2.52. The molecule has 0 unspecified atom stereocenters. The molecule has 124 valence electrons. The minimum Gasteiger partial charge on any atom is -0.467 e. The van der Waals surface area contributed by atoms with Gasteiger partial charge in [-0.1, -0.05) is 22.0 Å². The van der Waals surface area contributed by atoms with Gasteiger partial charge in [0.05, 0.1) is 6.04 Å². The number of hydrogen-bond donors (Lipinski definition) is 1. The highest BCUT2D eigenvalue weighted by Gasteiger charge is 2.48. The Hall–Kier alpha value is -1.59. The van der Waals surface area contributed by atoms with Gasteiger partial charge in [-0.3, -0.25) is 4.90 Å². The molecule has 0 saturated carbocycles. The first-order chi connectivity index (χ1) is 11.4. The standard InChI is InChI=1S/C19H19BrN2OS/c1-11-4-6-14(8-12(11)2)22-18(24)21-16-10-19(22,3)23-17-7-5-13(20)9-15(16)17/h4-9,16H,10H2,1-3H3,(H,21,24)/t16-,19+/m0/s1. The fourth-order valence-corrected chi connectivity index (χ4v) is 4.42. The minimum atomic E-state index is -0.491. The third-order valence-electron chi connectivity index (χ3n) is 4.98. The lowest BCUT2D eigenvalue weighted by Crippen LogP contribution is -2.65. The summed E-state index contributed by atoms with van der Waals surface area (Å²) < 4.78 is 7.48. The molecule has 0 aliphatic carbocycles. The number of thiocarbonyl (C=S) groups is 1. The van der Waals surface area contributed by atoms with Crippen molar-refractivity contribution in [3.05, 3.63) is 57.6 Å². The number of nitrogens with zero attached hydrogens (tertiary/aromatic N) is 1. The Morgan fingerprint density at radius 3 is 2.75 bits per heavy atom. The predicted octanol–water partition coefficient (Wildman–Crippen LogP) is 5.00. The summed E-state index contributed by atoms with van der Waals surface area (Å²) in [6, 6.07) is 12.8. The van der Waals surface area contributed by atoms with Crippen LogP contribution in [-0.2, 0) is 0 Å². The van der Waals surface area contributed by atoms with Crippen LogP contribution in [-0.4, -0.2) is 10.8 Å². The zero-order valence-electron chi connectivity index (χ0n) is 13.9. The first-order valence-corrected chi connectivity index (χ1v) is 9.24. The third kappa shape index (κ3) is 2.42. The number of rotatable bonds is 1. The Balaban J connectivity index is 1.80. The summed E-state index contributed by atoms with van der Waals surface area (Å²) in [5, 5.41) is 4.21. The van der Waals surface area contributed by atoms with Gasteiger partial charge in [0.2, 0.25) is 0 Å². The molecular formula is C19H19BrN2OS. The molecule has 0 amide bonds. The maximum Gasteiger partial charge on any atom is 0.188 e. The van der Waals surface area contributed by atoms with Gasteiger partial charge < -0.3 is 10.1 Å². The van der Waals surface area contributed by atoms with Crippen LogP contribution in [0.3, 0.4) is 0 Å². The van der Waals surface area contributed by atoms with Crippen molar-refractivity contribution in [1.29, 1.82) is 0 Å². The van der Waals surface area contributed by atoms with Crippen LogP contribution in [0.5, 0.6) is 5.75 Å². The summed E-state index contributed by atoms with van der Waals surface area (Å²) >= 11 is 9.24. The summed E-state index contributed by atoms with van der Waals surface area (Å²) in [5.41, 5.74) is 4.26. The van der Waals surface area contributed by atoms with Gasteiger partial charge in [0.25, 0.3) is 0 Å². The van der Waals surface area contributed by atoms with Crippen LogP contribution in [0.2, 0.25) is 0 Å². The van der Waals surface area contributed by atoms with Crippen LogP contribution in [0, 0.1) is 13.8 Å². The fraction of sp³-hybridized carbons (Fsp3) is 0.316. The van der Waals surface area contributed by atoms with Crippen molar-refractivity contribution in [2.24, 2.45) is 0 Å². The minimum absolute atomic E-state index is 0.173. The number of halogens is 1. The number of ether oxygens (including phenoxy) is 1. The molecule has 0 spiro atoms. The molecule has 1 N–H and O–H groups in total. The molecule has 1 fully saturated rings. The second kappa shape index (κ2) is 5.46. The summed E-state index contributed by atoms with van der Waals surface area (Å²) in [5.74, 6) is 0.917. The van der Waals surface area contributed by atoms with Crippen LogP contribution in [0.15, 0.2) is 40.9 Å². The fourth-order valence-electron chi connectivity index (χ4n) is 3.60. The molecular weight excluding hydrogens is 384 g/mol. The highest BCUT2D eigenvalue weighted by atomic mass is 79.9. The van der Waals surface area contributed by atoms with E-state index in [1.54, 1.807) is 0 Å².